The third kappa shape index (κ3) is 2.16. The molecule has 1 N–H and O–H groups in total. The van der Waals surface area contributed by atoms with Crippen molar-refractivity contribution in [3.8, 4) is 16.7 Å². The second kappa shape index (κ2) is 3.86. The normalized spacial score (nSPS) is 10.1. The number of phenolic OH excluding ortho intramolecular Hbond substituents is 1. The molecule has 2 aromatic rings. The molecule has 0 radical (unpaired) electrons. The Hall–Kier alpha value is -1.26. The summed E-state index contributed by atoms with van der Waals surface area (Å²) in [5.41, 5.74) is 0. The van der Waals surface area contributed by atoms with Gasteiger partial charge < -0.3 is 9.84 Å². The lowest BCUT2D eigenvalue weighted by atomic mass is 10.3. The maximum Gasteiger partial charge on any atom is 0.280 e. The number of ether oxygens (including phenoxy) is 1. The lowest BCUT2D eigenvalue weighted by molar-refractivity contribution is 0.463. The summed E-state index contributed by atoms with van der Waals surface area (Å²) < 4.78 is 5.37. The van der Waals surface area contributed by atoms with E-state index in [1.54, 1.807) is 29.6 Å². The van der Waals surface area contributed by atoms with Gasteiger partial charge in [0.2, 0.25) is 0 Å². The smallest absolute Gasteiger partial charge is 0.280 e. The zero-order chi connectivity index (χ0) is 9.97. The van der Waals surface area contributed by atoms with E-state index < -0.39 is 0 Å². The minimum absolute atomic E-state index is 0.203. The van der Waals surface area contributed by atoms with Crippen LogP contribution in [0.2, 0.25) is 5.15 Å². The molecule has 0 atom stereocenters. The molecule has 0 bridgehead atoms. The summed E-state index contributed by atoms with van der Waals surface area (Å²) in [6.07, 6.45) is 0. The average molecular weight is 228 g/mol. The Morgan fingerprint density at radius 2 is 2.00 bits per heavy atom. The fourth-order valence-corrected chi connectivity index (χ4v) is 1.71. The minimum Gasteiger partial charge on any atom is -0.508 e. The number of phenols is 1. The molecule has 1 aromatic carbocycles. The molecule has 1 heterocycles. The number of benzene rings is 1. The molecule has 0 spiro atoms. The van der Waals surface area contributed by atoms with Crippen molar-refractivity contribution >= 4 is 22.9 Å². The molecular weight excluding hydrogens is 222 g/mol. The van der Waals surface area contributed by atoms with Crippen LogP contribution >= 0.6 is 22.9 Å². The van der Waals surface area contributed by atoms with Crippen LogP contribution in [-0.2, 0) is 0 Å². The van der Waals surface area contributed by atoms with Crippen LogP contribution in [0.1, 0.15) is 0 Å². The van der Waals surface area contributed by atoms with Crippen molar-refractivity contribution in [2.75, 3.05) is 0 Å². The Morgan fingerprint density at radius 1 is 1.29 bits per heavy atom. The highest BCUT2D eigenvalue weighted by atomic mass is 35.5. The van der Waals surface area contributed by atoms with E-state index in [1.807, 2.05) is 0 Å². The zero-order valence-electron chi connectivity index (χ0n) is 6.98. The molecule has 0 fully saturated rings. The molecule has 0 aliphatic heterocycles. The van der Waals surface area contributed by atoms with E-state index in [4.69, 9.17) is 21.4 Å². The molecule has 0 unspecified atom stereocenters. The van der Waals surface area contributed by atoms with E-state index in [-0.39, 0.29) is 5.75 Å². The number of hydrogen-bond donors (Lipinski definition) is 1. The van der Waals surface area contributed by atoms with Gasteiger partial charge in [-0.3, -0.25) is 0 Å². The van der Waals surface area contributed by atoms with Crippen molar-refractivity contribution in [1.82, 2.24) is 4.98 Å². The second-order valence-electron chi connectivity index (χ2n) is 2.53. The van der Waals surface area contributed by atoms with E-state index in [9.17, 15) is 0 Å². The third-order valence-corrected chi connectivity index (χ3v) is 2.54. The van der Waals surface area contributed by atoms with Crippen molar-refractivity contribution < 1.29 is 9.84 Å². The van der Waals surface area contributed by atoms with Gasteiger partial charge in [0.1, 0.15) is 16.7 Å². The third-order valence-electron chi connectivity index (χ3n) is 1.50. The predicted octanol–water partition coefficient (Wildman–Crippen LogP) is 3.29. The summed E-state index contributed by atoms with van der Waals surface area (Å²) in [6.45, 7) is 0. The number of halogens is 1. The molecule has 2 rings (SSSR count). The minimum atomic E-state index is 0.203. The second-order valence-corrected chi connectivity index (χ2v) is 3.74. The zero-order valence-corrected chi connectivity index (χ0v) is 8.55. The molecule has 0 saturated carbocycles. The van der Waals surface area contributed by atoms with Gasteiger partial charge in [-0.1, -0.05) is 22.9 Å². The topological polar surface area (TPSA) is 42.4 Å². The lowest BCUT2D eigenvalue weighted by Gasteiger charge is -2.00. The van der Waals surface area contributed by atoms with Crippen LogP contribution in [0.3, 0.4) is 0 Å². The first-order chi connectivity index (χ1) is 6.74. The lowest BCUT2D eigenvalue weighted by Crippen LogP contribution is -1.81. The molecular formula is C9H6ClNO2S. The fourth-order valence-electron chi connectivity index (χ4n) is 0.901. The molecule has 0 saturated heterocycles. The summed E-state index contributed by atoms with van der Waals surface area (Å²) in [6, 6.07) is 6.41. The van der Waals surface area contributed by atoms with Crippen molar-refractivity contribution in [3.05, 3.63) is 34.8 Å². The van der Waals surface area contributed by atoms with E-state index in [0.29, 0.717) is 16.1 Å². The molecule has 0 aliphatic carbocycles. The van der Waals surface area contributed by atoms with Crippen LogP contribution in [0.5, 0.6) is 16.7 Å². The van der Waals surface area contributed by atoms with Crippen molar-refractivity contribution in [1.29, 1.82) is 0 Å². The molecule has 3 nitrogen and oxygen atoms in total. The van der Waals surface area contributed by atoms with Crippen molar-refractivity contribution in [3.63, 3.8) is 0 Å². The Balaban J connectivity index is 2.15. The number of aromatic hydroxyl groups is 1. The maximum absolute atomic E-state index is 9.04. The Labute approximate surface area is 89.6 Å². The summed E-state index contributed by atoms with van der Waals surface area (Å²) in [5, 5.41) is 11.6. The van der Waals surface area contributed by atoms with Gasteiger partial charge in [-0.2, -0.15) is 4.98 Å². The number of hydrogen-bond acceptors (Lipinski definition) is 4. The summed E-state index contributed by atoms with van der Waals surface area (Å²) >= 11 is 6.95. The van der Waals surface area contributed by atoms with Gasteiger partial charge in [0.05, 0.1) is 0 Å². The van der Waals surface area contributed by atoms with Gasteiger partial charge >= 0.3 is 0 Å². The number of rotatable bonds is 2. The van der Waals surface area contributed by atoms with Crippen LogP contribution in [0.4, 0.5) is 0 Å². The predicted molar refractivity (Wildman–Crippen MR) is 55.3 cm³/mol. The summed E-state index contributed by atoms with van der Waals surface area (Å²) in [7, 11) is 0. The summed E-state index contributed by atoms with van der Waals surface area (Å²) in [5.74, 6) is 0.823. The largest absolute Gasteiger partial charge is 0.508 e. The van der Waals surface area contributed by atoms with Gasteiger partial charge in [-0.25, -0.2) is 0 Å². The highest BCUT2D eigenvalue weighted by Gasteiger charge is 2.01. The number of aromatic nitrogens is 1. The molecule has 5 heteroatoms. The average Bonchev–Trinajstić information content (AvgIpc) is 2.56. The van der Waals surface area contributed by atoms with Crippen LogP contribution < -0.4 is 4.74 Å². The standard InChI is InChI=1S/C9H6ClNO2S/c10-8-5-14-9(11-8)13-7-3-1-6(12)2-4-7/h1-5,12H. The highest BCUT2D eigenvalue weighted by molar-refractivity contribution is 7.11. The number of nitrogens with zero attached hydrogens (tertiary/aromatic N) is 1. The van der Waals surface area contributed by atoms with Crippen LogP contribution in [0.15, 0.2) is 29.6 Å². The molecule has 14 heavy (non-hydrogen) atoms. The Bertz CT molecular complexity index is 427. The van der Waals surface area contributed by atoms with E-state index >= 15 is 0 Å². The van der Waals surface area contributed by atoms with E-state index in [1.165, 1.54) is 11.3 Å². The van der Waals surface area contributed by atoms with E-state index in [0.717, 1.165) is 0 Å². The molecule has 0 aliphatic rings. The SMILES string of the molecule is Oc1ccc(Oc2nc(Cl)cs2)cc1. The van der Waals surface area contributed by atoms with Crippen LogP contribution in [0, 0.1) is 0 Å². The summed E-state index contributed by atoms with van der Waals surface area (Å²) in [4.78, 5) is 3.93. The fraction of sp³-hybridized carbons (Fsp3) is 0. The van der Waals surface area contributed by atoms with Crippen LogP contribution in [0.25, 0.3) is 0 Å². The maximum atomic E-state index is 9.04. The Morgan fingerprint density at radius 3 is 2.57 bits per heavy atom. The van der Waals surface area contributed by atoms with E-state index in [2.05, 4.69) is 4.98 Å². The monoisotopic (exact) mass is 227 g/mol. The van der Waals surface area contributed by atoms with Gasteiger partial charge in [0.15, 0.2) is 0 Å². The van der Waals surface area contributed by atoms with Crippen molar-refractivity contribution in [2.24, 2.45) is 0 Å². The van der Waals surface area contributed by atoms with Gasteiger partial charge in [0.25, 0.3) is 5.19 Å². The van der Waals surface area contributed by atoms with Gasteiger partial charge in [-0.15, -0.1) is 0 Å². The molecule has 72 valence electrons. The van der Waals surface area contributed by atoms with Crippen LogP contribution in [-0.4, -0.2) is 10.1 Å². The number of thiazole rings is 1. The molecule has 0 amide bonds. The first kappa shape index (κ1) is 9.30. The van der Waals surface area contributed by atoms with Gasteiger partial charge in [0, 0.05) is 5.38 Å². The Kier molecular flexibility index (Phi) is 2.56. The quantitative estimate of drug-likeness (QED) is 0.856. The van der Waals surface area contributed by atoms with Crippen molar-refractivity contribution in [2.45, 2.75) is 0 Å². The first-order valence-corrected chi connectivity index (χ1v) is 5.08. The highest BCUT2D eigenvalue weighted by Crippen LogP contribution is 2.27. The van der Waals surface area contributed by atoms with Gasteiger partial charge in [-0.05, 0) is 24.3 Å². The molecule has 1 aromatic heterocycles. The first-order valence-electron chi connectivity index (χ1n) is 3.82.